The second-order valence-electron chi connectivity index (χ2n) is 11.4. The number of aromatic nitrogens is 4. The molecule has 3 aliphatic rings. The summed E-state index contributed by atoms with van der Waals surface area (Å²) in [5.74, 6) is -1.19. The van der Waals surface area contributed by atoms with E-state index < -0.39 is 17.8 Å². The summed E-state index contributed by atoms with van der Waals surface area (Å²) >= 11 is 0. The molecule has 2 saturated heterocycles. The van der Waals surface area contributed by atoms with Crippen molar-refractivity contribution >= 4 is 22.8 Å². The number of likely N-dealkylation sites (tertiary alicyclic amines) is 1. The van der Waals surface area contributed by atoms with E-state index in [-0.39, 0.29) is 25.0 Å². The van der Waals surface area contributed by atoms with Crippen LogP contribution < -0.4 is 9.64 Å². The van der Waals surface area contributed by atoms with Gasteiger partial charge in [0.15, 0.2) is 11.5 Å². The maximum atomic E-state index is 13.8. The van der Waals surface area contributed by atoms with E-state index in [1.165, 1.54) is 22.4 Å². The van der Waals surface area contributed by atoms with Crippen LogP contribution in [0.5, 0.6) is 6.01 Å². The van der Waals surface area contributed by atoms with E-state index in [0.29, 0.717) is 31.2 Å². The number of hydrogen-bond acceptors (Lipinski definition) is 9. The number of anilines is 1. The Hall–Kier alpha value is -4.17. The molecule has 1 amide bonds. The lowest BCUT2D eigenvalue weighted by molar-refractivity contribution is -0.131. The highest BCUT2D eigenvalue weighted by Crippen LogP contribution is 2.33. The lowest BCUT2D eigenvalue weighted by atomic mass is 9.89. The number of pyridine rings is 2. The van der Waals surface area contributed by atoms with Gasteiger partial charge in [-0.2, -0.15) is 15.2 Å². The van der Waals surface area contributed by atoms with Crippen LogP contribution in [-0.2, 0) is 17.6 Å². The van der Waals surface area contributed by atoms with Crippen molar-refractivity contribution < 1.29 is 13.9 Å². The molecule has 42 heavy (non-hydrogen) atoms. The average molecular weight is 571 g/mol. The number of likely N-dealkylation sites (N-methyl/N-ethyl adjacent to an activating group) is 1. The van der Waals surface area contributed by atoms with Crippen molar-refractivity contribution in [2.24, 2.45) is 0 Å². The molecule has 0 N–H and O–H groups in total. The highest BCUT2D eigenvalue weighted by Gasteiger charge is 2.33. The van der Waals surface area contributed by atoms with Crippen molar-refractivity contribution in [3.8, 4) is 23.3 Å². The molecule has 2 fully saturated rings. The Bertz CT molecular complexity index is 1560. The zero-order valence-electron chi connectivity index (χ0n) is 23.9. The first-order chi connectivity index (χ1) is 20.4. The first-order valence-electron chi connectivity index (χ1n) is 14.7. The van der Waals surface area contributed by atoms with Crippen LogP contribution in [0.1, 0.15) is 43.2 Å². The van der Waals surface area contributed by atoms with Gasteiger partial charge in [0, 0.05) is 43.6 Å². The van der Waals surface area contributed by atoms with Crippen LogP contribution in [0.3, 0.4) is 0 Å². The number of carbonyl (C=O) groups is 1. The smallest absolute Gasteiger partial charge is 0.320 e. The molecule has 218 valence electrons. The fourth-order valence-corrected chi connectivity index (χ4v) is 6.42. The standard InChI is InChI=1S/C31H35FN8O2/c1-20(32)30(41)40-15-14-39(18-22(40)11-12-33)29-25-9-10-27(26-17-34-16-21-6-3-4-8-24(21)26)35-28(25)36-31(37-29)42-19-23-7-5-13-38(23)2/h9-10,16-17,22-23H,1,3-8,11,13-15,18-19H2,2H3/t22-,23-/m0/s1. The second kappa shape index (κ2) is 12.0. The fourth-order valence-electron chi connectivity index (χ4n) is 6.42. The lowest BCUT2D eigenvalue weighted by Gasteiger charge is -2.41. The summed E-state index contributed by atoms with van der Waals surface area (Å²) in [5, 5.41) is 10.2. The van der Waals surface area contributed by atoms with Crippen LogP contribution >= 0.6 is 0 Å². The third-order valence-corrected chi connectivity index (χ3v) is 8.74. The van der Waals surface area contributed by atoms with Crippen molar-refractivity contribution in [2.45, 2.75) is 57.0 Å². The molecule has 6 rings (SSSR count). The van der Waals surface area contributed by atoms with Crippen molar-refractivity contribution in [2.75, 3.05) is 44.7 Å². The second-order valence-corrected chi connectivity index (χ2v) is 11.4. The highest BCUT2D eigenvalue weighted by molar-refractivity contribution is 5.92. The van der Waals surface area contributed by atoms with Gasteiger partial charge in [0.05, 0.1) is 29.6 Å². The van der Waals surface area contributed by atoms with Gasteiger partial charge in [-0.1, -0.05) is 6.58 Å². The minimum atomic E-state index is -1.03. The minimum absolute atomic E-state index is 0.0599. The third kappa shape index (κ3) is 5.51. The number of amides is 1. The number of ether oxygens (including phenoxy) is 1. The molecule has 10 nitrogen and oxygen atoms in total. The zero-order valence-corrected chi connectivity index (χ0v) is 23.9. The predicted molar refractivity (Wildman–Crippen MR) is 157 cm³/mol. The van der Waals surface area contributed by atoms with Crippen LogP contribution in [0.2, 0.25) is 0 Å². The molecule has 0 radical (unpaired) electrons. The lowest BCUT2D eigenvalue weighted by Crippen LogP contribution is -2.55. The molecule has 5 heterocycles. The van der Waals surface area contributed by atoms with Gasteiger partial charge in [0.2, 0.25) is 0 Å². The normalized spacial score (nSPS) is 20.8. The Labute approximate surface area is 244 Å². The molecule has 0 bridgehead atoms. The van der Waals surface area contributed by atoms with Gasteiger partial charge in [-0.25, -0.2) is 9.37 Å². The number of aryl methyl sites for hydroxylation is 1. The summed E-state index contributed by atoms with van der Waals surface area (Å²) in [6.07, 6.45) is 10.4. The molecule has 1 aliphatic carbocycles. The Kier molecular flexibility index (Phi) is 7.98. The first-order valence-corrected chi connectivity index (χ1v) is 14.7. The first kappa shape index (κ1) is 28.0. The highest BCUT2D eigenvalue weighted by atomic mass is 19.1. The molecule has 11 heteroatoms. The SMILES string of the molecule is C=C(F)C(=O)N1CCN(c2nc(OC[C@@H]3CCCN3C)nc3nc(-c4cncc5c4CCCC5)ccc23)C[C@@H]1CC#N. The Morgan fingerprint density at radius 1 is 1.12 bits per heavy atom. The quantitative estimate of drug-likeness (QED) is 0.391. The van der Waals surface area contributed by atoms with Gasteiger partial charge in [-0.05, 0) is 75.4 Å². The maximum absolute atomic E-state index is 13.8. The monoisotopic (exact) mass is 570 g/mol. The number of hydrogen-bond donors (Lipinski definition) is 0. The predicted octanol–water partition coefficient (Wildman–Crippen LogP) is 3.85. The summed E-state index contributed by atoms with van der Waals surface area (Å²) in [6.45, 7) is 5.60. The summed E-state index contributed by atoms with van der Waals surface area (Å²) in [7, 11) is 2.10. The molecule has 2 aliphatic heterocycles. The topological polar surface area (TPSA) is 111 Å². The van der Waals surface area contributed by atoms with E-state index >= 15 is 0 Å². The largest absolute Gasteiger partial charge is 0.462 e. The Morgan fingerprint density at radius 2 is 1.98 bits per heavy atom. The van der Waals surface area contributed by atoms with Gasteiger partial charge in [0.1, 0.15) is 12.4 Å². The molecule has 3 aromatic heterocycles. The number of carbonyl (C=O) groups excluding carboxylic acids is 1. The van der Waals surface area contributed by atoms with E-state index in [1.807, 2.05) is 29.4 Å². The van der Waals surface area contributed by atoms with Gasteiger partial charge in [-0.15, -0.1) is 0 Å². The molecular formula is C31H35FN8O2. The van der Waals surface area contributed by atoms with E-state index in [1.54, 1.807) is 0 Å². The Balaban J connectivity index is 1.38. The molecule has 0 aromatic carbocycles. The van der Waals surface area contributed by atoms with Crippen LogP contribution in [0, 0.1) is 11.3 Å². The number of halogens is 1. The number of nitrogens with zero attached hydrogens (tertiary/aromatic N) is 8. The van der Waals surface area contributed by atoms with Gasteiger partial charge in [-0.3, -0.25) is 9.78 Å². The Morgan fingerprint density at radius 3 is 2.76 bits per heavy atom. The summed E-state index contributed by atoms with van der Waals surface area (Å²) < 4.78 is 19.9. The van der Waals surface area contributed by atoms with Crippen molar-refractivity contribution in [3.05, 3.63) is 48.1 Å². The molecular weight excluding hydrogens is 535 g/mol. The average Bonchev–Trinajstić information content (AvgIpc) is 3.43. The van der Waals surface area contributed by atoms with Crippen LogP contribution in [-0.4, -0.2) is 87.6 Å². The maximum Gasteiger partial charge on any atom is 0.320 e. The fraction of sp³-hybridized carbons (Fsp3) is 0.484. The molecule has 0 unspecified atom stereocenters. The molecule has 2 atom stereocenters. The van der Waals surface area contributed by atoms with Crippen LogP contribution in [0.15, 0.2) is 36.9 Å². The van der Waals surface area contributed by atoms with E-state index in [2.05, 4.69) is 29.6 Å². The summed E-state index contributed by atoms with van der Waals surface area (Å²) in [5.41, 5.74) is 4.91. The summed E-state index contributed by atoms with van der Waals surface area (Å²) in [4.78, 5) is 37.2. The van der Waals surface area contributed by atoms with Crippen LogP contribution in [0.4, 0.5) is 10.2 Å². The van der Waals surface area contributed by atoms with Crippen LogP contribution in [0.25, 0.3) is 22.3 Å². The van der Waals surface area contributed by atoms with Gasteiger partial charge >= 0.3 is 6.01 Å². The molecule has 3 aromatic rings. The zero-order chi connectivity index (χ0) is 29.2. The molecule has 0 spiro atoms. The van der Waals surface area contributed by atoms with E-state index in [0.717, 1.165) is 55.3 Å². The minimum Gasteiger partial charge on any atom is -0.462 e. The van der Waals surface area contributed by atoms with E-state index in [4.69, 9.17) is 19.7 Å². The van der Waals surface area contributed by atoms with Gasteiger partial charge < -0.3 is 19.4 Å². The third-order valence-electron chi connectivity index (χ3n) is 8.74. The van der Waals surface area contributed by atoms with Crippen molar-refractivity contribution in [1.82, 2.24) is 29.7 Å². The van der Waals surface area contributed by atoms with Crippen molar-refractivity contribution in [1.29, 1.82) is 5.26 Å². The number of piperazine rings is 1. The number of nitriles is 1. The molecule has 0 saturated carbocycles. The van der Waals surface area contributed by atoms with Crippen molar-refractivity contribution in [3.63, 3.8) is 0 Å². The number of fused-ring (bicyclic) bond motifs is 2. The summed E-state index contributed by atoms with van der Waals surface area (Å²) in [6, 6.07) is 6.11. The van der Waals surface area contributed by atoms with Gasteiger partial charge in [0.25, 0.3) is 5.91 Å². The number of rotatable bonds is 7. The van der Waals surface area contributed by atoms with E-state index in [9.17, 15) is 14.4 Å².